The molecule has 0 radical (unpaired) electrons. The van der Waals surface area contributed by atoms with Gasteiger partial charge in [-0.05, 0) is 55.7 Å². The lowest BCUT2D eigenvalue weighted by atomic mass is 10.0. The van der Waals surface area contributed by atoms with E-state index in [2.05, 4.69) is 10.3 Å². The molecule has 0 unspecified atom stereocenters. The summed E-state index contributed by atoms with van der Waals surface area (Å²) in [7, 11) is -4.20. The molecule has 31 heavy (non-hydrogen) atoms. The summed E-state index contributed by atoms with van der Waals surface area (Å²) in [6.45, 7) is 4.21. The van der Waals surface area contributed by atoms with Crippen molar-refractivity contribution in [1.29, 1.82) is 0 Å². The second-order valence-electron chi connectivity index (χ2n) is 6.81. The Balaban J connectivity index is 2.22. The SMILES string of the molecule is CCCCCc1cc(C(=O)NS(=O)(=O)c2ccc(C(=O)NCC)cc2)cnc1C(=O)O. The van der Waals surface area contributed by atoms with Crippen molar-refractivity contribution in [2.24, 2.45) is 0 Å². The number of nitrogens with one attached hydrogen (secondary N) is 2. The van der Waals surface area contributed by atoms with Gasteiger partial charge in [-0.15, -0.1) is 0 Å². The first kappa shape index (κ1) is 24.0. The standard InChI is InChI=1S/C21H25N3O6S/c1-3-5-6-7-15-12-16(13-23-18(15)21(27)28)20(26)24-31(29,30)17-10-8-14(9-11-17)19(25)22-4-2/h8-13H,3-7H2,1-2H3,(H,22,25)(H,24,26)(H,27,28). The predicted molar refractivity (Wildman–Crippen MR) is 114 cm³/mol. The average molecular weight is 448 g/mol. The van der Waals surface area contributed by atoms with Crippen molar-refractivity contribution in [3.05, 3.63) is 58.9 Å². The first-order valence-corrected chi connectivity index (χ1v) is 11.4. The molecule has 10 heteroatoms. The summed E-state index contributed by atoms with van der Waals surface area (Å²) in [5.74, 6) is -2.47. The average Bonchev–Trinajstić information content (AvgIpc) is 2.73. The van der Waals surface area contributed by atoms with Gasteiger partial charge in [-0.3, -0.25) is 9.59 Å². The highest BCUT2D eigenvalue weighted by molar-refractivity contribution is 7.90. The molecule has 0 spiro atoms. The van der Waals surface area contributed by atoms with Crippen molar-refractivity contribution in [3.8, 4) is 0 Å². The number of aromatic nitrogens is 1. The lowest BCUT2D eigenvalue weighted by Gasteiger charge is -2.10. The Kier molecular flexibility index (Phi) is 8.26. The van der Waals surface area contributed by atoms with E-state index in [1.54, 1.807) is 6.92 Å². The summed E-state index contributed by atoms with van der Waals surface area (Å²) in [4.78, 5) is 39.3. The Labute approximate surface area is 180 Å². The molecule has 1 aromatic carbocycles. The molecular weight excluding hydrogens is 422 g/mol. The number of aryl methyl sites for hydroxylation is 1. The van der Waals surface area contributed by atoms with Crippen LogP contribution in [-0.4, -0.2) is 42.8 Å². The molecule has 166 valence electrons. The van der Waals surface area contributed by atoms with E-state index in [0.29, 0.717) is 18.5 Å². The van der Waals surface area contributed by atoms with E-state index in [1.165, 1.54) is 30.3 Å². The van der Waals surface area contributed by atoms with Crippen LogP contribution in [0.4, 0.5) is 0 Å². The van der Waals surface area contributed by atoms with Crippen LogP contribution in [0, 0.1) is 0 Å². The van der Waals surface area contributed by atoms with Crippen molar-refractivity contribution >= 4 is 27.8 Å². The maximum absolute atomic E-state index is 12.5. The van der Waals surface area contributed by atoms with E-state index in [-0.39, 0.29) is 27.6 Å². The van der Waals surface area contributed by atoms with Crippen LogP contribution in [0.1, 0.15) is 69.9 Å². The summed E-state index contributed by atoms with van der Waals surface area (Å²) in [5.41, 5.74) is 0.449. The Morgan fingerprint density at radius 2 is 1.68 bits per heavy atom. The second-order valence-corrected chi connectivity index (χ2v) is 8.49. The van der Waals surface area contributed by atoms with E-state index in [9.17, 15) is 27.9 Å². The third-order valence-electron chi connectivity index (χ3n) is 4.47. The molecule has 0 saturated heterocycles. The summed E-state index contributed by atoms with van der Waals surface area (Å²) >= 11 is 0. The molecule has 9 nitrogen and oxygen atoms in total. The molecule has 1 heterocycles. The zero-order chi connectivity index (χ0) is 23.0. The normalized spacial score (nSPS) is 11.0. The maximum Gasteiger partial charge on any atom is 0.354 e. The number of aromatic carboxylic acids is 1. The van der Waals surface area contributed by atoms with Gasteiger partial charge in [0, 0.05) is 18.3 Å². The molecule has 2 aromatic rings. The lowest BCUT2D eigenvalue weighted by molar-refractivity contribution is 0.0688. The highest BCUT2D eigenvalue weighted by Gasteiger charge is 2.21. The van der Waals surface area contributed by atoms with Crippen molar-refractivity contribution in [1.82, 2.24) is 15.0 Å². The van der Waals surface area contributed by atoms with E-state index in [0.717, 1.165) is 25.5 Å². The molecule has 2 rings (SSSR count). The zero-order valence-corrected chi connectivity index (χ0v) is 18.2. The quantitative estimate of drug-likeness (QED) is 0.475. The van der Waals surface area contributed by atoms with Crippen LogP contribution >= 0.6 is 0 Å². The van der Waals surface area contributed by atoms with Crippen molar-refractivity contribution < 1.29 is 27.9 Å². The Hall–Kier alpha value is -3.27. The third kappa shape index (κ3) is 6.35. The minimum Gasteiger partial charge on any atom is -0.477 e. The Morgan fingerprint density at radius 3 is 2.26 bits per heavy atom. The summed E-state index contributed by atoms with van der Waals surface area (Å²) in [6.07, 6.45) is 4.00. The van der Waals surface area contributed by atoms with Crippen molar-refractivity contribution in [2.75, 3.05) is 6.54 Å². The van der Waals surface area contributed by atoms with Gasteiger partial charge in [0.15, 0.2) is 5.69 Å². The molecule has 2 amide bonds. The number of hydrogen-bond acceptors (Lipinski definition) is 6. The fourth-order valence-electron chi connectivity index (χ4n) is 2.87. The molecule has 0 atom stereocenters. The van der Waals surface area contributed by atoms with E-state index in [4.69, 9.17) is 0 Å². The van der Waals surface area contributed by atoms with Crippen LogP contribution in [0.2, 0.25) is 0 Å². The van der Waals surface area contributed by atoms with Gasteiger partial charge >= 0.3 is 5.97 Å². The minimum absolute atomic E-state index is 0.0565. The number of unbranched alkanes of at least 4 members (excludes halogenated alkanes) is 2. The third-order valence-corrected chi connectivity index (χ3v) is 5.82. The monoisotopic (exact) mass is 447 g/mol. The first-order valence-electron chi connectivity index (χ1n) is 9.87. The summed E-state index contributed by atoms with van der Waals surface area (Å²) < 4.78 is 27.0. The number of carbonyl (C=O) groups excluding carboxylic acids is 2. The number of sulfonamides is 1. The molecule has 0 aliphatic carbocycles. The molecule has 0 bridgehead atoms. The Morgan fingerprint density at radius 1 is 1.00 bits per heavy atom. The van der Waals surface area contributed by atoms with Gasteiger partial charge in [0.25, 0.3) is 21.8 Å². The molecule has 1 aromatic heterocycles. The van der Waals surface area contributed by atoms with E-state index < -0.39 is 21.9 Å². The number of carbonyl (C=O) groups is 3. The van der Waals surface area contributed by atoms with E-state index in [1.807, 2.05) is 11.6 Å². The van der Waals surface area contributed by atoms with Crippen LogP contribution in [0.25, 0.3) is 0 Å². The fraction of sp³-hybridized carbons (Fsp3) is 0.333. The first-order chi connectivity index (χ1) is 14.7. The fourth-order valence-corrected chi connectivity index (χ4v) is 3.85. The predicted octanol–water partition coefficient (Wildman–Crippen LogP) is 2.38. The van der Waals surface area contributed by atoms with Gasteiger partial charge in [-0.1, -0.05) is 19.8 Å². The largest absolute Gasteiger partial charge is 0.477 e. The second kappa shape index (κ2) is 10.7. The number of nitrogens with zero attached hydrogens (tertiary/aromatic N) is 1. The van der Waals surface area contributed by atoms with Crippen LogP contribution in [0.15, 0.2) is 41.4 Å². The number of hydrogen-bond donors (Lipinski definition) is 3. The zero-order valence-electron chi connectivity index (χ0n) is 17.3. The number of rotatable bonds is 10. The minimum atomic E-state index is -4.20. The van der Waals surface area contributed by atoms with Gasteiger partial charge < -0.3 is 10.4 Å². The lowest BCUT2D eigenvalue weighted by Crippen LogP contribution is -2.31. The number of benzene rings is 1. The number of amides is 2. The van der Waals surface area contributed by atoms with Gasteiger partial charge in [0.2, 0.25) is 0 Å². The smallest absolute Gasteiger partial charge is 0.354 e. The molecule has 0 aliphatic heterocycles. The number of pyridine rings is 1. The highest BCUT2D eigenvalue weighted by Crippen LogP contribution is 2.15. The molecule has 0 fully saturated rings. The topological polar surface area (TPSA) is 143 Å². The summed E-state index contributed by atoms with van der Waals surface area (Å²) in [5, 5.41) is 11.9. The highest BCUT2D eigenvalue weighted by atomic mass is 32.2. The molecule has 0 saturated carbocycles. The molecular formula is C21H25N3O6S. The van der Waals surface area contributed by atoms with Crippen LogP contribution in [-0.2, 0) is 16.4 Å². The van der Waals surface area contributed by atoms with E-state index >= 15 is 0 Å². The molecule has 0 aliphatic rings. The number of carboxylic acid groups (broad SMARTS) is 1. The van der Waals surface area contributed by atoms with Gasteiger partial charge in [0.05, 0.1) is 10.5 Å². The van der Waals surface area contributed by atoms with Gasteiger partial charge in [-0.2, -0.15) is 0 Å². The Bertz CT molecular complexity index is 1070. The van der Waals surface area contributed by atoms with Gasteiger partial charge in [0.1, 0.15) is 0 Å². The van der Waals surface area contributed by atoms with Crippen LogP contribution in [0.3, 0.4) is 0 Å². The van der Waals surface area contributed by atoms with Crippen LogP contribution in [0.5, 0.6) is 0 Å². The summed E-state index contributed by atoms with van der Waals surface area (Å²) in [6, 6.07) is 6.50. The van der Waals surface area contributed by atoms with Gasteiger partial charge in [-0.25, -0.2) is 22.9 Å². The maximum atomic E-state index is 12.5. The van der Waals surface area contributed by atoms with Crippen LogP contribution < -0.4 is 10.0 Å². The number of carboxylic acids is 1. The molecule has 3 N–H and O–H groups in total. The van der Waals surface area contributed by atoms with Crippen molar-refractivity contribution in [3.63, 3.8) is 0 Å². The van der Waals surface area contributed by atoms with Crippen molar-refractivity contribution in [2.45, 2.75) is 44.4 Å².